The molecule has 4 saturated carbocycles. The summed E-state index contributed by atoms with van der Waals surface area (Å²) in [5.41, 5.74) is 2.89. The van der Waals surface area contributed by atoms with Crippen molar-refractivity contribution in [1.82, 2.24) is 10.2 Å². The van der Waals surface area contributed by atoms with Crippen molar-refractivity contribution in [2.24, 2.45) is 17.8 Å². The highest BCUT2D eigenvalue weighted by Crippen LogP contribution is 2.60. The molecule has 2 aromatic rings. The molecule has 2 amide bonds. The van der Waals surface area contributed by atoms with Crippen molar-refractivity contribution in [3.05, 3.63) is 65.7 Å². The number of nitrogens with zero attached hydrogens (tertiary/aromatic N) is 2. The average Bonchev–Trinajstić information content (AvgIpc) is 2.94. The second kappa shape index (κ2) is 12.2. The molecule has 4 aliphatic rings. The Morgan fingerprint density at radius 2 is 1.51 bits per heavy atom. The summed E-state index contributed by atoms with van der Waals surface area (Å²) in [4.78, 5) is 28.5. The molecule has 4 fully saturated rings. The Morgan fingerprint density at radius 3 is 2.02 bits per heavy atom. The zero-order valence-electron chi connectivity index (χ0n) is 24.7. The van der Waals surface area contributed by atoms with Gasteiger partial charge in [0.1, 0.15) is 12.6 Å². The van der Waals surface area contributed by atoms with Gasteiger partial charge in [-0.25, -0.2) is 8.42 Å². The van der Waals surface area contributed by atoms with Crippen LogP contribution in [0.5, 0.6) is 0 Å². The Hall–Kier alpha value is -2.87. The van der Waals surface area contributed by atoms with Crippen molar-refractivity contribution in [1.29, 1.82) is 0 Å². The minimum Gasteiger partial charge on any atom is -0.354 e. The summed E-state index contributed by atoms with van der Waals surface area (Å²) < 4.78 is 27.3. The topological polar surface area (TPSA) is 86.8 Å². The molecule has 0 aliphatic heterocycles. The molecule has 1 N–H and O–H groups in total. The van der Waals surface area contributed by atoms with Gasteiger partial charge >= 0.3 is 0 Å². The van der Waals surface area contributed by atoms with E-state index in [9.17, 15) is 18.0 Å². The van der Waals surface area contributed by atoms with Gasteiger partial charge in [-0.1, -0.05) is 56.3 Å². The van der Waals surface area contributed by atoms with Gasteiger partial charge in [0.15, 0.2) is 0 Å². The predicted molar refractivity (Wildman–Crippen MR) is 163 cm³/mol. The van der Waals surface area contributed by atoms with Gasteiger partial charge in [-0.3, -0.25) is 13.9 Å². The maximum absolute atomic E-state index is 13.9. The van der Waals surface area contributed by atoms with Crippen LogP contribution in [-0.2, 0) is 31.6 Å². The molecule has 0 aromatic heterocycles. The molecule has 0 radical (unpaired) electrons. The van der Waals surface area contributed by atoms with E-state index in [0.717, 1.165) is 36.0 Å². The fraction of sp³-hybridized carbons (Fsp3) is 0.576. The number of sulfonamides is 1. The van der Waals surface area contributed by atoms with Crippen LogP contribution in [0.15, 0.2) is 54.6 Å². The van der Waals surface area contributed by atoms with Gasteiger partial charge in [0, 0.05) is 13.1 Å². The molecule has 7 nitrogen and oxygen atoms in total. The first kappa shape index (κ1) is 29.6. The van der Waals surface area contributed by atoms with Gasteiger partial charge < -0.3 is 10.2 Å². The monoisotopic (exact) mass is 579 g/mol. The van der Waals surface area contributed by atoms with Crippen LogP contribution in [-0.4, -0.2) is 50.5 Å². The highest BCUT2D eigenvalue weighted by molar-refractivity contribution is 7.92. The van der Waals surface area contributed by atoms with E-state index >= 15 is 0 Å². The number of carbonyl (C=O) groups excluding carboxylic acids is 2. The molecule has 0 saturated heterocycles. The van der Waals surface area contributed by atoms with E-state index in [-0.39, 0.29) is 24.4 Å². The summed E-state index contributed by atoms with van der Waals surface area (Å²) >= 11 is 0. The van der Waals surface area contributed by atoms with Crippen LogP contribution >= 0.6 is 0 Å². The highest BCUT2D eigenvalue weighted by atomic mass is 32.2. The summed E-state index contributed by atoms with van der Waals surface area (Å²) in [6.07, 6.45) is 10.2. The number of hydrogen-bond donors (Lipinski definition) is 1. The van der Waals surface area contributed by atoms with Crippen LogP contribution in [0.4, 0.5) is 5.69 Å². The van der Waals surface area contributed by atoms with Crippen LogP contribution in [0.25, 0.3) is 0 Å². The van der Waals surface area contributed by atoms with Gasteiger partial charge in [-0.05, 0) is 97.8 Å². The van der Waals surface area contributed by atoms with Gasteiger partial charge in [-0.2, -0.15) is 0 Å². The van der Waals surface area contributed by atoms with E-state index in [1.165, 1.54) is 53.3 Å². The Bertz CT molecular complexity index is 1290. The van der Waals surface area contributed by atoms with Gasteiger partial charge in [0.2, 0.25) is 21.8 Å². The minimum absolute atomic E-state index is 0.214. The molecule has 6 rings (SSSR count). The molecule has 1 atom stereocenters. The molecular weight excluding hydrogens is 534 g/mol. The molecule has 2 aromatic carbocycles. The first-order valence-electron chi connectivity index (χ1n) is 15.3. The lowest BCUT2D eigenvalue weighted by Crippen LogP contribution is -2.52. The minimum atomic E-state index is -3.76. The maximum Gasteiger partial charge on any atom is 0.244 e. The smallest absolute Gasteiger partial charge is 0.244 e. The normalized spacial score (nSPS) is 25.5. The van der Waals surface area contributed by atoms with Crippen molar-refractivity contribution >= 4 is 27.5 Å². The van der Waals surface area contributed by atoms with Crippen molar-refractivity contribution in [2.75, 3.05) is 23.7 Å². The van der Waals surface area contributed by atoms with E-state index in [1.54, 1.807) is 0 Å². The average molecular weight is 580 g/mol. The second-order valence-electron chi connectivity index (χ2n) is 12.7. The molecule has 4 aliphatic carbocycles. The lowest BCUT2D eigenvalue weighted by molar-refractivity contribution is -0.140. The number of hydrogen-bond acceptors (Lipinski definition) is 4. The third-order valence-electron chi connectivity index (χ3n) is 9.62. The first-order chi connectivity index (χ1) is 19.6. The second-order valence-corrected chi connectivity index (χ2v) is 14.6. The van der Waals surface area contributed by atoms with Crippen molar-refractivity contribution in [2.45, 2.75) is 83.2 Å². The maximum atomic E-state index is 13.9. The van der Waals surface area contributed by atoms with E-state index in [2.05, 4.69) is 17.4 Å². The fourth-order valence-electron chi connectivity index (χ4n) is 8.12. The SMILES string of the molecule is CCCNC(=O)C(CC)N(Cc1ccccc1)C(=O)CN(c1ccc(C23CC4CC(CC(C4)C2)C3)cc1)S(C)(=O)=O. The molecule has 0 spiro atoms. The quantitative estimate of drug-likeness (QED) is 0.372. The van der Waals surface area contributed by atoms with E-state index < -0.39 is 22.0 Å². The van der Waals surface area contributed by atoms with E-state index in [0.29, 0.717) is 18.7 Å². The number of nitrogens with one attached hydrogen (secondary N) is 1. The number of anilines is 1. The number of carbonyl (C=O) groups is 2. The molecule has 8 heteroatoms. The van der Waals surface area contributed by atoms with Crippen LogP contribution in [0.3, 0.4) is 0 Å². The van der Waals surface area contributed by atoms with Crippen LogP contribution in [0.1, 0.15) is 76.3 Å². The van der Waals surface area contributed by atoms with E-state index in [1.807, 2.05) is 56.3 Å². The Balaban J connectivity index is 1.39. The number of benzene rings is 2. The van der Waals surface area contributed by atoms with Crippen molar-refractivity contribution < 1.29 is 18.0 Å². The summed E-state index contributed by atoms with van der Waals surface area (Å²) in [6, 6.07) is 16.7. The molecule has 4 bridgehead atoms. The molecule has 1 unspecified atom stereocenters. The lowest BCUT2D eigenvalue weighted by Gasteiger charge is -2.57. The van der Waals surface area contributed by atoms with Crippen molar-refractivity contribution in [3.63, 3.8) is 0 Å². The van der Waals surface area contributed by atoms with Gasteiger partial charge in [0.05, 0.1) is 11.9 Å². The fourth-order valence-corrected chi connectivity index (χ4v) is 8.97. The third kappa shape index (κ3) is 6.47. The van der Waals surface area contributed by atoms with Crippen molar-refractivity contribution in [3.8, 4) is 0 Å². The molecule has 0 heterocycles. The Morgan fingerprint density at radius 1 is 0.927 bits per heavy atom. The number of amides is 2. The van der Waals surface area contributed by atoms with Gasteiger partial charge in [0.25, 0.3) is 0 Å². The largest absolute Gasteiger partial charge is 0.354 e. The molecular formula is C33H45N3O4S. The van der Waals surface area contributed by atoms with Crippen LogP contribution in [0, 0.1) is 17.8 Å². The Kier molecular flexibility index (Phi) is 8.78. The Labute approximate surface area is 245 Å². The summed E-state index contributed by atoms with van der Waals surface area (Å²) in [6.45, 7) is 4.24. The third-order valence-corrected chi connectivity index (χ3v) is 10.8. The lowest BCUT2D eigenvalue weighted by atomic mass is 9.48. The van der Waals surface area contributed by atoms with Crippen LogP contribution in [0.2, 0.25) is 0 Å². The standard InChI is InChI=1S/C33H45N3O4S/c1-4-15-34-32(38)30(5-2)35(22-24-9-7-6-8-10-24)31(37)23-36(41(3,39)40)29-13-11-28(12-14-29)33-19-25-16-26(20-33)18-27(17-25)21-33/h6-14,25-27,30H,4-5,15-23H2,1-3H3,(H,34,38). The van der Waals surface area contributed by atoms with E-state index in [4.69, 9.17) is 0 Å². The zero-order valence-corrected chi connectivity index (χ0v) is 25.5. The zero-order chi connectivity index (χ0) is 29.2. The predicted octanol–water partition coefficient (Wildman–Crippen LogP) is 5.25. The summed E-state index contributed by atoms with van der Waals surface area (Å²) in [5, 5.41) is 2.92. The highest BCUT2D eigenvalue weighted by Gasteiger charge is 2.51. The summed E-state index contributed by atoms with van der Waals surface area (Å²) in [5.74, 6) is 1.85. The van der Waals surface area contributed by atoms with Crippen LogP contribution < -0.4 is 9.62 Å². The van der Waals surface area contributed by atoms with Gasteiger partial charge in [-0.15, -0.1) is 0 Å². The summed E-state index contributed by atoms with van der Waals surface area (Å²) in [7, 11) is -3.76. The first-order valence-corrected chi connectivity index (χ1v) is 17.2. The number of rotatable bonds is 12. The molecule has 41 heavy (non-hydrogen) atoms. The molecule has 222 valence electrons.